The molecule has 5 heteroatoms. The van der Waals surface area contributed by atoms with E-state index < -0.39 is 11.2 Å². The van der Waals surface area contributed by atoms with Crippen molar-refractivity contribution in [3.05, 3.63) is 63.9 Å². The number of halogens is 3. The zero-order valence-corrected chi connectivity index (χ0v) is 12.5. The van der Waals surface area contributed by atoms with Crippen LogP contribution in [0.4, 0.5) is 10.1 Å². The zero-order valence-electron chi connectivity index (χ0n) is 11.0. The smallest absolute Gasteiger partial charge is 0.235 e. The second kappa shape index (κ2) is 5.32. The third-order valence-corrected chi connectivity index (χ3v) is 4.33. The van der Waals surface area contributed by atoms with Crippen molar-refractivity contribution in [1.29, 1.82) is 0 Å². The molecule has 1 N–H and O–H groups in total. The molecule has 3 rings (SSSR count). The lowest BCUT2D eigenvalue weighted by molar-refractivity contribution is -0.118. The van der Waals surface area contributed by atoms with E-state index in [1.54, 1.807) is 18.2 Å². The van der Waals surface area contributed by atoms with Gasteiger partial charge < -0.3 is 5.32 Å². The summed E-state index contributed by atoms with van der Waals surface area (Å²) in [6, 6.07) is 11.7. The number of hydrogen-bond donors (Lipinski definition) is 1. The van der Waals surface area contributed by atoms with E-state index >= 15 is 0 Å². The Morgan fingerprint density at radius 3 is 2.38 bits per heavy atom. The van der Waals surface area contributed by atoms with Crippen LogP contribution in [0.3, 0.4) is 0 Å². The van der Waals surface area contributed by atoms with Gasteiger partial charge in [-0.15, -0.1) is 0 Å². The molecule has 0 atom stereocenters. The molecule has 1 saturated carbocycles. The predicted molar refractivity (Wildman–Crippen MR) is 82.4 cm³/mol. The first-order valence-electron chi connectivity index (χ1n) is 6.54. The molecule has 2 nitrogen and oxygen atoms in total. The number of carbonyl (C=O) groups is 1. The fourth-order valence-corrected chi connectivity index (χ4v) is 2.68. The summed E-state index contributed by atoms with van der Waals surface area (Å²) in [7, 11) is 0. The maximum absolute atomic E-state index is 13.9. The van der Waals surface area contributed by atoms with Gasteiger partial charge in [0, 0.05) is 5.02 Å². The summed E-state index contributed by atoms with van der Waals surface area (Å²) < 4.78 is 13.9. The molecule has 1 aliphatic rings. The first-order chi connectivity index (χ1) is 10.0. The molecule has 21 heavy (non-hydrogen) atoms. The summed E-state index contributed by atoms with van der Waals surface area (Å²) in [4.78, 5) is 12.5. The van der Waals surface area contributed by atoms with Gasteiger partial charge in [-0.2, -0.15) is 0 Å². The molecule has 0 saturated heterocycles. The van der Waals surface area contributed by atoms with Gasteiger partial charge in [-0.3, -0.25) is 4.79 Å². The summed E-state index contributed by atoms with van der Waals surface area (Å²) in [5, 5.41) is 3.25. The molecule has 0 aliphatic heterocycles. The van der Waals surface area contributed by atoms with Crippen molar-refractivity contribution in [1.82, 2.24) is 0 Å². The molecular weight excluding hydrogens is 312 g/mol. The van der Waals surface area contributed by atoms with E-state index in [4.69, 9.17) is 23.2 Å². The van der Waals surface area contributed by atoms with Crippen LogP contribution in [0.15, 0.2) is 42.5 Å². The Bertz CT molecular complexity index is 696. The van der Waals surface area contributed by atoms with Crippen molar-refractivity contribution >= 4 is 34.8 Å². The highest BCUT2D eigenvalue weighted by Gasteiger charge is 2.51. The maximum atomic E-state index is 13.9. The summed E-state index contributed by atoms with van der Waals surface area (Å²) >= 11 is 11.6. The van der Waals surface area contributed by atoms with Gasteiger partial charge >= 0.3 is 0 Å². The summed E-state index contributed by atoms with van der Waals surface area (Å²) in [5.41, 5.74) is 0.416. The molecule has 0 heterocycles. The molecule has 0 radical (unpaired) electrons. The van der Waals surface area contributed by atoms with Gasteiger partial charge in [-0.05, 0) is 42.7 Å². The van der Waals surface area contributed by atoms with E-state index in [0.717, 1.165) is 18.4 Å². The van der Waals surface area contributed by atoms with E-state index in [9.17, 15) is 9.18 Å². The van der Waals surface area contributed by atoms with E-state index in [1.807, 2.05) is 12.1 Å². The van der Waals surface area contributed by atoms with Gasteiger partial charge in [0.2, 0.25) is 5.91 Å². The van der Waals surface area contributed by atoms with Crippen LogP contribution in [0.2, 0.25) is 10.0 Å². The summed E-state index contributed by atoms with van der Waals surface area (Å²) in [5.74, 6) is -0.828. The second-order valence-corrected chi connectivity index (χ2v) is 5.99. The van der Waals surface area contributed by atoms with E-state index in [2.05, 4.69) is 5.32 Å². The molecule has 0 bridgehead atoms. The van der Waals surface area contributed by atoms with Crippen molar-refractivity contribution in [3.63, 3.8) is 0 Å². The number of hydrogen-bond acceptors (Lipinski definition) is 1. The molecule has 1 fully saturated rings. The van der Waals surface area contributed by atoms with Crippen molar-refractivity contribution in [2.75, 3.05) is 5.32 Å². The Morgan fingerprint density at radius 1 is 1.10 bits per heavy atom. The SMILES string of the molecule is O=C(Nc1cccc(Cl)c1F)C1(c2ccc(Cl)cc2)CC1. The highest BCUT2D eigenvalue weighted by molar-refractivity contribution is 6.31. The Balaban J connectivity index is 1.85. The minimum absolute atomic E-state index is 0.0101. The third-order valence-electron chi connectivity index (χ3n) is 3.78. The highest BCUT2D eigenvalue weighted by Crippen LogP contribution is 2.49. The largest absolute Gasteiger partial charge is 0.323 e. The maximum Gasteiger partial charge on any atom is 0.235 e. The zero-order chi connectivity index (χ0) is 15.0. The number of rotatable bonds is 3. The Morgan fingerprint density at radius 2 is 1.76 bits per heavy atom. The van der Waals surface area contributed by atoms with Crippen LogP contribution in [0.5, 0.6) is 0 Å². The van der Waals surface area contributed by atoms with Crippen LogP contribution in [-0.4, -0.2) is 5.91 Å². The first kappa shape index (κ1) is 14.4. The fraction of sp³-hybridized carbons (Fsp3) is 0.188. The minimum atomic E-state index is -0.612. The summed E-state index contributed by atoms with van der Waals surface area (Å²) in [6.45, 7) is 0. The number of nitrogens with one attached hydrogen (secondary N) is 1. The van der Waals surface area contributed by atoms with E-state index in [0.29, 0.717) is 5.02 Å². The van der Waals surface area contributed by atoms with Crippen LogP contribution >= 0.6 is 23.2 Å². The van der Waals surface area contributed by atoms with E-state index in [1.165, 1.54) is 12.1 Å². The quantitative estimate of drug-likeness (QED) is 0.863. The Hall–Kier alpha value is -1.58. The normalized spacial score (nSPS) is 15.6. The van der Waals surface area contributed by atoms with Crippen molar-refractivity contribution in [2.24, 2.45) is 0 Å². The topological polar surface area (TPSA) is 29.1 Å². The lowest BCUT2D eigenvalue weighted by Gasteiger charge is -2.16. The number of carbonyl (C=O) groups excluding carboxylic acids is 1. The van der Waals surface area contributed by atoms with Gasteiger partial charge in [0.1, 0.15) is 0 Å². The molecule has 0 unspecified atom stereocenters. The number of anilines is 1. The number of benzene rings is 2. The van der Waals surface area contributed by atoms with Crippen LogP contribution in [0.1, 0.15) is 18.4 Å². The standard InChI is InChI=1S/C16H12Cl2FNO/c17-11-6-4-10(5-7-11)16(8-9-16)15(21)20-13-3-1-2-12(18)14(13)19/h1-7H,8-9H2,(H,20,21). The molecule has 2 aromatic rings. The third kappa shape index (κ3) is 2.63. The van der Waals surface area contributed by atoms with Crippen LogP contribution < -0.4 is 5.32 Å². The van der Waals surface area contributed by atoms with E-state index in [-0.39, 0.29) is 16.6 Å². The average Bonchev–Trinajstić information content (AvgIpc) is 3.26. The predicted octanol–water partition coefficient (Wildman–Crippen LogP) is 4.80. The van der Waals surface area contributed by atoms with Crippen molar-refractivity contribution in [3.8, 4) is 0 Å². The molecule has 108 valence electrons. The number of amides is 1. The van der Waals surface area contributed by atoms with Crippen LogP contribution in [0.25, 0.3) is 0 Å². The first-order valence-corrected chi connectivity index (χ1v) is 7.30. The van der Waals surface area contributed by atoms with Crippen LogP contribution in [0, 0.1) is 5.82 Å². The summed E-state index contributed by atoms with van der Waals surface area (Å²) in [6.07, 6.45) is 1.48. The minimum Gasteiger partial charge on any atom is -0.323 e. The lowest BCUT2D eigenvalue weighted by Crippen LogP contribution is -2.28. The molecule has 0 spiro atoms. The van der Waals surface area contributed by atoms with Crippen LogP contribution in [-0.2, 0) is 10.2 Å². The van der Waals surface area contributed by atoms with Crippen molar-refractivity contribution in [2.45, 2.75) is 18.3 Å². The fourth-order valence-electron chi connectivity index (χ4n) is 2.38. The molecule has 1 aliphatic carbocycles. The Labute approximate surface area is 131 Å². The van der Waals surface area contributed by atoms with Gasteiger partial charge in [0.25, 0.3) is 0 Å². The average molecular weight is 324 g/mol. The molecular formula is C16H12Cl2FNO. The second-order valence-electron chi connectivity index (χ2n) is 5.14. The monoisotopic (exact) mass is 323 g/mol. The highest BCUT2D eigenvalue weighted by atomic mass is 35.5. The van der Waals surface area contributed by atoms with Gasteiger partial charge in [0.05, 0.1) is 16.1 Å². The lowest BCUT2D eigenvalue weighted by atomic mass is 9.95. The van der Waals surface area contributed by atoms with Crippen molar-refractivity contribution < 1.29 is 9.18 Å². The molecule has 0 aromatic heterocycles. The van der Waals surface area contributed by atoms with Gasteiger partial charge in [-0.25, -0.2) is 4.39 Å². The Kier molecular flexibility index (Phi) is 3.64. The van der Waals surface area contributed by atoms with Gasteiger partial charge in [-0.1, -0.05) is 41.4 Å². The molecule has 2 aromatic carbocycles. The van der Waals surface area contributed by atoms with Gasteiger partial charge in [0.15, 0.2) is 5.82 Å². The molecule has 1 amide bonds.